The number of carboxylic acids is 1. The van der Waals surface area contributed by atoms with Crippen molar-refractivity contribution in [2.45, 2.75) is 31.8 Å². The zero-order valence-electron chi connectivity index (χ0n) is 10.1. The minimum absolute atomic E-state index is 0.0393. The molecular weight excluding hydrogens is 236 g/mol. The number of carbonyl (C=O) groups excluding carboxylic acids is 1. The van der Waals surface area contributed by atoms with E-state index < -0.39 is 17.5 Å². The van der Waals surface area contributed by atoms with Crippen LogP contribution in [0.15, 0.2) is 0 Å². The molecule has 0 aromatic rings. The largest absolute Gasteiger partial charge is 0.479 e. The SMILES string of the molecule is N#CC1(C(=O)N2CCOC(C(=O)O)C2)CCCC1. The van der Waals surface area contributed by atoms with Gasteiger partial charge < -0.3 is 14.7 Å². The van der Waals surface area contributed by atoms with Gasteiger partial charge in [0.2, 0.25) is 5.91 Å². The van der Waals surface area contributed by atoms with Crippen LogP contribution in [-0.4, -0.2) is 47.7 Å². The molecule has 0 radical (unpaired) electrons. The maximum atomic E-state index is 12.4. The molecule has 6 nitrogen and oxygen atoms in total. The molecular formula is C12H16N2O4. The Morgan fingerprint density at radius 3 is 2.61 bits per heavy atom. The Kier molecular flexibility index (Phi) is 3.53. The van der Waals surface area contributed by atoms with Gasteiger partial charge in [0.25, 0.3) is 0 Å². The molecule has 1 aliphatic carbocycles. The number of rotatable bonds is 2. The van der Waals surface area contributed by atoms with Crippen LogP contribution in [0.3, 0.4) is 0 Å². The van der Waals surface area contributed by atoms with Gasteiger partial charge in [-0.1, -0.05) is 12.8 Å². The first-order valence-electron chi connectivity index (χ1n) is 6.14. The molecule has 1 saturated heterocycles. The van der Waals surface area contributed by atoms with Crippen LogP contribution in [-0.2, 0) is 14.3 Å². The molecule has 1 saturated carbocycles. The van der Waals surface area contributed by atoms with Crippen LogP contribution in [0.4, 0.5) is 0 Å². The third-order valence-electron chi connectivity index (χ3n) is 3.71. The second kappa shape index (κ2) is 4.94. The van der Waals surface area contributed by atoms with Gasteiger partial charge in [-0.2, -0.15) is 5.26 Å². The van der Waals surface area contributed by atoms with Crippen molar-refractivity contribution in [2.24, 2.45) is 5.41 Å². The average Bonchev–Trinajstić information content (AvgIpc) is 2.88. The zero-order chi connectivity index (χ0) is 13.2. The number of nitriles is 1. The Morgan fingerprint density at radius 2 is 2.06 bits per heavy atom. The molecule has 1 aliphatic heterocycles. The van der Waals surface area contributed by atoms with Gasteiger partial charge in [0.15, 0.2) is 6.10 Å². The van der Waals surface area contributed by atoms with Crippen LogP contribution in [0.25, 0.3) is 0 Å². The third-order valence-corrected chi connectivity index (χ3v) is 3.71. The van der Waals surface area contributed by atoms with Crippen LogP contribution in [0, 0.1) is 16.7 Å². The summed E-state index contributed by atoms with van der Waals surface area (Å²) in [5.74, 6) is -1.29. The molecule has 1 amide bonds. The van der Waals surface area contributed by atoms with Crippen LogP contribution in [0.5, 0.6) is 0 Å². The molecule has 1 unspecified atom stereocenters. The highest BCUT2D eigenvalue weighted by molar-refractivity contribution is 5.86. The highest BCUT2D eigenvalue weighted by Gasteiger charge is 2.45. The van der Waals surface area contributed by atoms with Gasteiger partial charge in [-0.3, -0.25) is 4.79 Å². The third kappa shape index (κ3) is 2.18. The Labute approximate surface area is 105 Å². The average molecular weight is 252 g/mol. The Hall–Kier alpha value is -1.61. The molecule has 1 N–H and O–H groups in total. The van der Waals surface area contributed by atoms with Gasteiger partial charge in [0.1, 0.15) is 5.41 Å². The van der Waals surface area contributed by atoms with E-state index in [1.165, 1.54) is 4.90 Å². The number of carboxylic acid groups (broad SMARTS) is 1. The van der Waals surface area contributed by atoms with Crippen molar-refractivity contribution in [3.05, 3.63) is 0 Å². The number of ether oxygens (including phenoxy) is 1. The molecule has 98 valence electrons. The molecule has 6 heteroatoms. The van der Waals surface area contributed by atoms with E-state index in [2.05, 4.69) is 6.07 Å². The summed E-state index contributed by atoms with van der Waals surface area (Å²) in [6.45, 7) is 0.619. The molecule has 2 rings (SSSR count). The highest BCUT2D eigenvalue weighted by atomic mass is 16.5. The smallest absolute Gasteiger partial charge is 0.334 e. The number of carbonyl (C=O) groups is 2. The van der Waals surface area contributed by atoms with E-state index in [1.54, 1.807) is 0 Å². The summed E-state index contributed by atoms with van der Waals surface area (Å²) in [6, 6.07) is 2.14. The number of morpholine rings is 1. The fourth-order valence-corrected chi connectivity index (χ4v) is 2.64. The van der Waals surface area contributed by atoms with Crippen molar-refractivity contribution < 1.29 is 19.4 Å². The minimum Gasteiger partial charge on any atom is -0.479 e. The molecule has 0 bridgehead atoms. The quantitative estimate of drug-likeness (QED) is 0.767. The number of aliphatic carboxylic acids is 1. The fraction of sp³-hybridized carbons (Fsp3) is 0.750. The number of hydrogen-bond donors (Lipinski definition) is 1. The summed E-state index contributed by atoms with van der Waals surface area (Å²) in [6.07, 6.45) is 1.95. The van der Waals surface area contributed by atoms with Crippen molar-refractivity contribution in [3.8, 4) is 6.07 Å². The summed E-state index contributed by atoms with van der Waals surface area (Å²) in [5.41, 5.74) is -0.930. The van der Waals surface area contributed by atoms with Crippen LogP contribution in [0.2, 0.25) is 0 Å². The summed E-state index contributed by atoms with van der Waals surface area (Å²) < 4.78 is 5.07. The van der Waals surface area contributed by atoms with Crippen molar-refractivity contribution in [1.29, 1.82) is 5.26 Å². The van der Waals surface area contributed by atoms with E-state index in [4.69, 9.17) is 9.84 Å². The summed E-state index contributed by atoms with van der Waals surface area (Å²) in [5, 5.41) is 18.1. The predicted molar refractivity (Wildman–Crippen MR) is 60.5 cm³/mol. The topological polar surface area (TPSA) is 90.6 Å². The Bertz CT molecular complexity index is 395. The first-order valence-corrected chi connectivity index (χ1v) is 6.14. The van der Waals surface area contributed by atoms with E-state index in [-0.39, 0.29) is 19.1 Å². The molecule has 2 aliphatic rings. The maximum Gasteiger partial charge on any atom is 0.334 e. The number of hydrogen-bond acceptors (Lipinski definition) is 4. The van der Waals surface area contributed by atoms with Gasteiger partial charge in [-0.05, 0) is 12.8 Å². The number of nitrogens with zero attached hydrogens (tertiary/aromatic N) is 2. The lowest BCUT2D eigenvalue weighted by atomic mass is 9.86. The lowest BCUT2D eigenvalue weighted by Gasteiger charge is -2.35. The van der Waals surface area contributed by atoms with Crippen molar-refractivity contribution >= 4 is 11.9 Å². The van der Waals surface area contributed by atoms with E-state index in [0.29, 0.717) is 19.4 Å². The predicted octanol–water partition coefficient (Wildman–Crippen LogP) is 0.382. The molecule has 18 heavy (non-hydrogen) atoms. The van der Waals surface area contributed by atoms with Crippen LogP contribution in [0.1, 0.15) is 25.7 Å². The van der Waals surface area contributed by atoms with Crippen molar-refractivity contribution in [2.75, 3.05) is 19.7 Å². The van der Waals surface area contributed by atoms with Gasteiger partial charge in [-0.15, -0.1) is 0 Å². The minimum atomic E-state index is -1.06. The Balaban J connectivity index is 2.09. The molecule has 0 aromatic heterocycles. The van der Waals surface area contributed by atoms with E-state index in [0.717, 1.165) is 12.8 Å². The maximum absolute atomic E-state index is 12.4. The first-order chi connectivity index (χ1) is 8.59. The fourth-order valence-electron chi connectivity index (χ4n) is 2.64. The van der Waals surface area contributed by atoms with Crippen molar-refractivity contribution in [3.63, 3.8) is 0 Å². The van der Waals surface area contributed by atoms with Crippen LogP contribution >= 0.6 is 0 Å². The van der Waals surface area contributed by atoms with Gasteiger partial charge in [0.05, 0.1) is 19.2 Å². The van der Waals surface area contributed by atoms with E-state index >= 15 is 0 Å². The molecule has 0 spiro atoms. The molecule has 1 heterocycles. The van der Waals surface area contributed by atoms with Gasteiger partial charge in [-0.25, -0.2) is 4.79 Å². The van der Waals surface area contributed by atoms with Gasteiger partial charge >= 0.3 is 5.97 Å². The Morgan fingerprint density at radius 1 is 1.39 bits per heavy atom. The number of amides is 1. The normalized spacial score (nSPS) is 26.6. The summed E-state index contributed by atoms with van der Waals surface area (Å²) in [4.78, 5) is 24.7. The lowest BCUT2D eigenvalue weighted by Crippen LogP contribution is -2.52. The second-order valence-corrected chi connectivity index (χ2v) is 4.85. The van der Waals surface area contributed by atoms with Crippen LogP contribution < -0.4 is 0 Å². The molecule has 1 atom stereocenters. The standard InChI is InChI=1S/C12H16N2O4/c13-8-12(3-1-2-4-12)11(17)14-5-6-18-9(7-14)10(15)16/h9H,1-7H2,(H,15,16). The zero-order valence-corrected chi connectivity index (χ0v) is 10.1. The molecule has 0 aromatic carbocycles. The van der Waals surface area contributed by atoms with E-state index in [9.17, 15) is 14.9 Å². The lowest BCUT2D eigenvalue weighted by molar-refractivity contribution is -0.161. The van der Waals surface area contributed by atoms with Gasteiger partial charge in [0, 0.05) is 6.54 Å². The second-order valence-electron chi connectivity index (χ2n) is 4.85. The monoisotopic (exact) mass is 252 g/mol. The van der Waals surface area contributed by atoms with Crippen molar-refractivity contribution in [1.82, 2.24) is 4.90 Å². The van der Waals surface area contributed by atoms with E-state index in [1.807, 2.05) is 0 Å². The molecule has 2 fully saturated rings. The first kappa shape index (κ1) is 12.8. The highest BCUT2D eigenvalue weighted by Crippen LogP contribution is 2.39. The summed E-state index contributed by atoms with van der Waals surface area (Å²) >= 11 is 0. The summed E-state index contributed by atoms with van der Waals surface area (Å²) in [7, 11) is 0.